The predicted molar refractivity (Wildman–Crippen MR) is 108 cm³/mol. The number of hydrogen-bond donors (Lipinski definition) is 2. The minimum atomic E-state index is 0. The minimum absolute atomic E-state index is 0. The lowest BCUT2D eigenvalue weighted by Gasteiger charge is -2.59. The molecule has 6 heteroatoms. The standard InChI is InChI=1S/C21H32N4O.ClH/c1-13(21-6-14-3-15(7-21)5-16(4-14)8-21)24-20(26)19-11-22-10-18(19)17-9-23-25(2)12-17;/h9,12-16,18-19,22H,3-8,10-11H2,1-2H3,(H,24,26);1H/t13?,14?,15?,16?,18-,19+,21?;/m1./s1. The van der Waals surface area contributed by atoms with Gasteiger partial charge in [0.25, 0.3) is 0 Å². The lowest BCUT2D eigenvalue weighted by molar-refractivity contribution is -0.129. The van der Waals surface area contributed by atoms with Gasteiger partial charge in [-0.15, -0.1) is 12.4 Å². The highest BCUT2D eigenvalue weighted by Crippen LogP contribution is 2.61. The molecule has 1 unspecified atom stereocenters. The molecular weight excluding hydrogens is 360 g/mol. The minimum Gasteiger partial charge on any atom is -0.353 e. The molecule has 150 valence electrons. The first kappa shape index (κ1) is 19.3. The van der Waals surface area contributed by atoms with Gasteiger partial charge in [-0.1, -0.05) is 0 Å². The maximum Gasteiger partial charge on any atom is 0.225 e. The van der Waals surface area contributed by atoms with Gasteiger partial charge in [-0.3, -0.25) is 9.48 Å². The molecule has 2 heterocycles. The van der Waals surface area contributed by atoms with E-state index in [0.29, 0.717) is 11.5 Å². The van der Waals surface area contributed by atoms with Crippen LogP contribution in [0.4, 0.5) is 0 Å². The zero-order valence-electron chi connectivity index (χ0n) is 16.5. The van der Waals surface area contributed by atoms with Crippen LogP contribution in [0.2, 0.25) is 0 Å². The van der Waals surface area contributed by atoms with Crippen molar-refractivity contribution >= 4 is 18.3 Å². The summed E-state index contributed by atoms with van der Waals surface area (Å²) in [4.78, 5) is 13.2. The van der Waals surface area contributed by atoms with E-state index in [2.05, 4.69) is 28.9 Å². The Kier molecular flexibility index (Phi) is 5.04. The normalized spacial score (nSPS) is 40.6. The van der Waals surface area contributed by atoms with Gasteiger partial charge in [0.2, 0.25) is 5.91 Å². The van der Waals surface area contributed by atoms with Gasteiger partial charge in [0.1, 0.15) is 0 Å². The average Bonchev–Trinajstić information content (AvgIpc) is 3.22. The van der Waals surface area contributed by atoms with Gasteiger partial charge in [0, 0.05) is 38.3 Å². The smallest absolute Gasteiger partial charge is 0.225 e. The summed E-state index contributed by atoms with van der Waals surface area (Å²) in [6.45, 7) is 3.93. The van der Waals surface area contributed by atoms with E-state index in [1.54, 1.807) is 0 Å². The quantitative estimate of drug-likeness (QED) is 0.828. The van der Waals surface area contributed by atoms with E-state index in [1.165, 1.54) is 44.1 Å². The van der Waals surface area contributed by atoms with Gasteiger partial charge in [0.05, 0.1) is 12.1 Å². The van der Waals surface area contributed by atoms with Crippen molar-refractivity contribution in [2.75, 3.05) is 13.1 Å². The number of amides is 1. The summed E-state index contributed by atoms with van der Waals surface area (Å²) in [7, 11) is 1.94. The lowest BCUT2D eigenvalue weighted by Crippen LogP contribution is -2.56. The number of rotatable bonds is 4. The van der Waals surface area contributed by atoms with Crippen LogP contribution >= 0.6 is 12.4 Å². The molecule has 0 aromatic carbocycles. The summed E-state index contributed by atoms with van der Waals surface area (Å²) in [5.41, 5.74) is 1.56. The summed E-state index contributed by atoms with van der Waals surface area (Å²) >= 11 is 0. The van der Waals surface area contributed by atoms with E-state index in [4.69, 9.17) is 0 Å². The first-order valence-corrected chi connectivity index (χ1v) is 10.5. The molecule has 1 saturated heterocycles. The molecule has 0 spiro atoms. The summed E-state index contributed by atoms with van der Waals surface area (Å²) in [5.74, 6) is 3.29. The molecule has 27 heavy (non-hydrogen) atoms. The Labute approximate surface area is 168 Å². The first-order valence-electron chi connectivity index (χ1n) is 10.5. The fraction of sp³-hybridized carbons (Fsp3) is 0.810. The monoisotopic (exact) mass is 392 g/mol. The molecular formula is C21H33ClN4O. The first-order chi connectivity index (χ1) is 12.5. The SMILES string of the molecule is CC(NC(=O)[C@H]1CNC[C@@H]1c1cnn(C)c1)C12CC3CC(CC(C3)C1)C2.Cl. The fourth-order valence-electron chi connectivity index (χ4n) is 7.12. The van der Waals surface area contributed by atoms with Crippen molar-refractivity contribution in [1.29, 1.82) is 0 Å². The number of carbonyl (C=O) groups is 1. The largest absolute Gasteiger partial charge is 0.353 e. The topological polar surface area (TPSA) is 59.0 Å². The van der Waals surface area contributed by atoms with Gasteiger partial charge in [-0.25, -0.2) is 0 Å². The second kappa shape index (κ2) is 7.07. The van der Waals surface area contributed by atoms with Crippen LogP contribution in [0.3, 0.4) is 0 Å². The van der Waals surface area contributed by atoms with Crippen molar-refractivity contribution in [2.24, 2.45) is 36.1 Å². The van der Waals surface area contributed by atoms with Gasteiger partial charge < -0.3 is 10.6 Å². The number of carbonyl (C=O) groups excluding carboxylic acids is 1. The molecule has 5 fully saturated rings. The van der Waals surface area contributed by atoms with Crippen LogP contribution in [0.15, 0.2) is 12.4 Å². The number of halogens is 1. The fourth-order valence-corrected chi connectivity index (χ4v) is 7.12. The Morgan fingerprint density at radius 3 is 2.41 bits per heavy atom. The van der Waals surface area contributed by atoms with Crippen LogP contribution in [0.25, 0.3) is 0 Å². The van der Waals surface area contributed by atoms with Gasteiger partial charge in [0.15, 0.2) is 0 Å². The Morgan fingerprint density at radius 1 is 1.22 bits per heavy atom. The van der Waals surface area contributed by atoms with Crippen molar-refractivity contribution < 1.29 is 4.79 Å². The molecule has 6 rings (SSSR count). The van der Waals surface area contributed by atoms with E-state index in [0.717, 1.165) is 30.8 Å². The Morgan fingerprint density at radius 2 is 1.85 bits per heavy atom. The molecule has 1 aromatic heterocycles. The van der Waals surface area contributed by atoms with Crippen molar-refractivity contribution in [1.82, 2.24) is 20.4 Å². The highest BCUT2D eigenvalue weighted by atomic mass is 35.5. The summed E-state index contributed by atoms with van der Waals surface area (Å²) in [5, 5.41) is 11.2. The van der Waals surface area contributed by atoms with Gasteiger partial charge in [-0.05, 0) is 74.2 Å². The molecule has 2 N–H and O–H groups in total. The van der Waals surface area contributed by atoms with Crippen LogP contribution in [0.1, 0.15) is 56.9 Å². The molecule has 1 aromatic rings. The maximum absolute atomic E-state index is 13.2. The van der Waals surface area contributed by atoms with Crippen LogP contribution in [0, 0.1) is 29.1 Å². The van der Waals surface area contributed by atoms with E-state index < -0.39 is 0 Å². The van der Waals surface area contributed by atoms with E-state index in [1.807, 2.05) is 17.9 Å². The van der Waals surface area contributed by atoms with Crippen LogP contribution < -0.4 is 10.6 Å². The van der Waals surface area contributed by atoms with Gasteiger partial charge in [-0.2, -0.15) is 5.10 Å². The molecule has 1 aliphatic heterocycles. The van der Waals surface area contributed by atoms with Crippen molar-refractivity contribution in [3.8, 4) is 0 Å². The molecule has 4 bridgehead atoms. The number of nitrogens with one attached hydrogen (secondary N) is 2. The highest BCUT2D eigenvalue weighted by molar-refractivity contribution is 5.85. The number of aryl methyl sites for hydroxylation is 1. The molecule has 0 radical (unpaired) electrons. The van der Waals surface area contributed by atoms with Crippen LogP contribution in [-0.4, -0.2) is 34.8 Å². The molecule has 5 aliphatic rings. The molecule has 4 saturated carbocycles. The second-order valence-corrected chi connectivity index (χ2v) is 9.83. The van der Waals surface area contributed by atoms with Crippen molar-refractivity contribution in [3.63, 3.8) is 0 Å². The molecule has 3 atom stereocenters. The third-order valence-corrected chi connectivity index (χ3v) is 8.07. The third-order valence-electron chi connectivity index (χ3n) is 8.07. The molecule has 5 nitrogen and oxygen atoms in total. The predicted octanol–water partition coefficient (Wildman–Crippen LogP) is 2.87. The number of aromatic nitrogens is 2. The van der Waals surface area contributed by atoms with Crippen molar-refractivity contribution in [2.45, 2.75) is 57.4 Å². The van der Waals surface area contributed by atoms with E-state index >= 15 is 0 Å². The second-order valence-electron chi connectivity index (χ2n) is 9.83. The van der Waals surface area contributed by atoms with E-state index in [9.17, 15) is 4.79 Å². The highest BCUT2D eigenvalue weighted by Gasteiger charge is 2.53. The van der Waals surface area contributed by atoms with Crippen molar-refractivity contribution in [3.05, 3.63) is 18.0 Å². The van der Waals surface area contributed by atoms with Crippen LogP contribution in [0.5, 0.6) is 0 Å². The third kappa shape index (κ3) is 3.31. The van der Waals surface area contributed by atoms with Crippen LogP contribution in [-0.2, 0) is 11.8 Å². The maximum atomic E-state index is 13.2. The summed E-state index contributed by atoms with van der Waals surface area (Å²) < 4.78 is 1.83. The Bertz CT molecular complexity index is 667. The van der Waals surface area contributed by atoms with Gasteiger partial charge >= 0.3 is 0 Å². The Hall–Kier alpha value is -1.07. The number of hydrogen-bond acceptors (Lipinski definition) is 3. The number of nitrogens with zero attached hydrogens (tertiary/aromatic N) is 2. The zero-order chi connectivity index (χ0) is 17.9. The molecule has 1 amide bonds. The summed E-state index contributed by atoms with van der Waals surface area (Å²) in [6.07, 6.45) is 12.4. The lowest BCUT2D eigenvalue weighted by atomic mass is 9.48. The average molecular weight is 393 g/mol. The molecule has 4 aliphatic carbocycles. The Balaban J connectivity index is 0.00000180. The summed E-state index contributed by atoms with van der Waals surface area (Å²) in [6, 6.07) is 0.304. The van der Waals surface area contributed by atoms with E-state index in [-0.39, 0.29) is 30.2 Å². The zero-order valence-corrected chi connectivity index (χ0v) is 17.3.